The summed E-state index contributed by atoms with van der Waals surface area (Å²) in [6, 6.07) is 9.03. The second-order valence-corrected chi connectivity index (χ2v) is 9.26. The molecule has 4 rings (SSSR count). The average molecular weight is 345 g/mol. The fourth-order valence-electron chi connectivity index (χ4n) is 4.02. The summed E-state index contributed by atoms with van der Waals surface area (Å²) in [6.07, 6.45) is 4.89. The fraction of sp³-hybridized carbons (Fsp3) is 0.444. The monoisotopic (exact) mass is 345 g/mol. The maximum Gasteiger partial charge on any atom is 0.166 e. The molecular weight excluding hydrogens is 326 g/mol. The molecule has 2 aliphatic rings. The number of ketones is 1. The van der Waals surface area contributed by atoms with E-state index in [9.17, 15) is 13.2 Å². The van der Waals surface area contributed by atoms with Crippen LogP contribution < -0.4 is 0 Å². The number of sulfone groups is 1. The van der Waals surface area contributed by atoms with Crippen LogP contribution in [0, 0.1) is 5.92 Å². The quantitative estimate of drug-likeness (QED) is 0.798. The van der Waals surface area contributed by atoms with E-state index >= 15 is 0 Å². The second kappa shape index (κ2) is 5.84. The first kappa shape index (κ1) is 15.6. The van der Waals surface area contributed by atoms with Gasteiger partial charge in [-0.15, -0.1) is 0 Å². The summed E-state index contributed by atoms with van der Waals surface area (Å²) >= 11 is 0. The van der Waals surface area contributed by atoms with Gasteiger partial charge in [-0.2, -0.15) is 0 Å². The first-order chi connectivity index (χ1) is 11.6. The van der Waals surface area contributed by atoms with Crippen molar-refractivity contribution >= 4 is 15.6 Å². The summed E-state index contributed by atoms with van der Waals surface area (Å²) in [7, 11) is -3.02. The van der Waals surface area contributed by atoms with E-state index < -0.39 is 9.84 Å². The van der Waals surface area contributed by atoms with Crippen molar-refractivity contribution < 1.29 is 17.7 Å². The molecule has 2 fully saturated rings. The summed E-state index contributed by atoms with van der Waals surface area (Å²) in [5, 5.41) is 3.02. The number of fused-ring (bicyclic) bond motifs is 2. The van der Waals surface area contributed by atoms with E-state index in [1.54, 1.807) is 24.4 Å². The molecule has 6 heteroatoms. The minimum Gasteiger partial charge on any atom is -0.356 e. The number of Topliss-reactive ketones (excluding diaryl/α,β-unsaturated/α-hetero) is 1. The lowest BCUT2D eigenvalue weighted by atomic mass is 9.84. The Morgan fingerprint density at radius 1 is 1.04 bits per heavy atom. The first-order valence-electron chi connectivity index (χ1n) is 8.34. The van der Waals surface area contributed by atoms with Crippen LogP contribution >= 0.6 is 0 Å². The zero-order valence-electron chi connectivity index (χ0n) is 13.2. The SMILES string of the molecule is O=C(c1ccc(-c2ccno2)cc1)C1CC2CCCC(C1)S2(=O)=O. The highest BCUT2D eigenvalue weighted by molar-refractivity contribution is 7.92. The highest BCUT2D eigenvalue weighted by Crippen LogP contribution is 2.40. The lowest BCUT2D eigenvalue weighted by molar-refractivity contribution is 0.0894. The molecule has 2 aliphatic heterocycles. The Hall–Kier alpha value is -1.95. The number of aromatic nitrogens is 1. The highest BCUT2D eigenvalue weighted by Gasteiger charge is 2.46. The van der Waals surface area contributed by atoms with Gasteiger partial charge in [-0.1, -0.05) is 35.8 Å². The van der Waals surface area contributed by atoms with E-state index in [2.05, 4.69) is 5.16 Å². The molecular formula is C18H19NO4S. The van der Waals surface area contributed by atoms with Crippen LogP contribution in [-0.2, 0) is 9.84 Å². The third kappa shape index (κ3) is 2.59. The minimum absolute atomic E-state index is 0.0610. The van der Waals surface area contributed by atoms with Crippen LogP contribution in [0.25, 0.3) is 11.3 Å². The molecule has 2 atom stereocenters. The standard InChI is InChI=1S/C18H19NO4S/c20-18(13-6-4-12(5-7-13)17-8-9-19-23-17)14-10-15-2-1-3-16(11-14)24(15,21)22/h4-9,14-16H,1-3,10-11H2. The van der Waals surface area contributed by atoms with Gasteiger partial charge < -0.3 is 4.52 Å². The van der Waals surface area contributed by atoms with Gasteiger partial charge in [0.15, 0.2) is 21.4 Å². The number of rotatable bonds is 3. The van der Waals surface area contributed by atoms with Crippen LogP contribution in [0.2, 0.25) is 0 Å². The van der Waals surface area contributed by atoms with Gasteiger partial charge in [-0.3, -0.25) is 4.79 Å². The molecule has 24 heavy (non-hydrogen) atoms. The van der Waals surface area contributed by atoms with Gasteiger partial charge in [-0.05, 0) is 25.7 Å². The Morgan fingerprint density at radius 2 is 1.71 bits per heavy atom. The molecule has 3 heterocycles. The highest BCUT2D eigenvalue weighted by atomic mass is 32.2. The van der Waals surface area contributed by atoms with Crippen molar-refractivity contribution in [2.75, 3.05) is 0 Å². The van der Waals surface area contributed by atoms with Gasteiger partial charge in [0, 0.05) is 23.1 Å². The van der Waals surface area contributed by atoms with Crippen LogP contribution in [0.3, 0.4) is 0 Å². The van der Waals surface area contributed by atoms with E-state index in [0.29, 0.717) is 37.0 Å². The smallest absolute Gasteiger partial charge is 0.166 e. The maximum absolute atomic E-state index is 12.8. The lowest BCUT2D eigenvalue weighted by Gasteiger charge is -2.38. The molecule has 0 amide bonds. The number of hydrogen-bond donors (Lipinski definition) is 0. The molecule has 0 radical (unpaired) electrons. The van der Waals surface area contributed by atoms with Crippen molar-refractivity contribution in [2.24, 2.45) is 5.92 Å². The summed E-state index contributed by atoms with van der Waals surface area (Å²) in [6.45, 7) is 0. The van der Waals surface area contributed by atoms with Crippen LogP contribution in [0.15, 0.2) is 41.1 Å². The minimum atomic E-state index is -3.02. The molecule has 5 nitrogen and oxygen atoms in total. The predicted octanol–water partition coefficient (Wildman–Crippen LogP) is 3.27. The van der Waals surface area contributed by atoms with Crippen molar-refractivity contribution in [3.63, 3.8) is 0 Å². The average Bonchev–Trinajstić information content (AvgIpc) is 3.08. The number of hydrogen-bond acceptors (Lipinski definition) is 5. The second-order valence-electron chi connectivity index (χ2n) is 6.75. The molecule has 0 spiro atoms. The largest absolute Gasteiger partial charge is 0.356 e. The van der Waals surface area contributed by atoms with E-state index in [1.807, 2.05) is 12.1 Å². The molecule has 0 aliphatic carbocycles. The molecule has 1 aromatic heterocycles. The Morgan fingerprint density at radius 3 is 2.29 bits per heavy atom. The van der Waals surface area contributed by atoms with Crippen molar-refractivity contribution in [3.8, 4) is 11.3 Å². The summed E-state index contributed by atoms with van der Waals surface area (Å²) in [4.78, 5) is 12.8. The maximum atomic E-state index is 12.8. The molecule has 126 valence electrons. The molecule has 0 saturated carbocycles. The molecule has 0 N–H and O–H groups in total. The zero-order valence-corrected chi connectivity index (χ0v) is 14.0. The van der Waals surface area contributed by atoms with Crippen molar-refractivity contribution in [3.05, 3.63) is 42.1 Å². The van der Waals surface area contributed by atoms with E-state index in [4.69, 9.17) is 4.52 Å². The van der Waals surface area contributed by atoms with Crippen molar-refractivity contribution in [1.82, 2.24) is 5.16 Å². The first-order valence-corrected chi connectivity index (χ1v) is 9.94. The Labute approximate surface area is 141 Å². The molecule has 2 saturated heterocycles. The Bertz CT molecular complexity index is 820. The molecule has 2 bridgehead atoms. The molecule has 2 unspecified atom stereocenters. The third-order valence-electron chi connectivity index (χ3n) is 5.34. The van der Waals surface area contributed by atoms with Crippen LogP contribution in [0.5, 0.6) is 0 Å². The number of carbonyl (C=O) groups excluding carboxylic acids is 1. The van der Waals surface area contributed by atoms with E-state index in [-0.39, 0.29) is 22.2 Å². The van der Waals surface area contributed by atoms with Gasteiger partial charge in [-0.25, -0.2) is 8.42 Å². The molecule has 2 aromatic rings. The third-order valence-corrected chi connectivity index (χ3v) is 8.05. The molecule has 1 aromatic carbocycles. The fourth-order valence-corrected chi connectivity index (χ4v) is 6.56. The Balaban J connectivity index is 1.54. The van der Waals surface area contributed by atoms with Gasteiger partial charge in [0.1, 0.15) is 0 Å². The summed E-state index contributed by atoms with van der Waals surface area (Å²) in [5.41, 5.74) is 1.51. The normalized spacial score (nSPS) is 28.4. The van der Waals surface area contributed by atoms with Gasteiger partial charge in [0.25, 0.3) is 0 Å². The number of benzene rings is 1. The van der Waals surface area contributed by atoms with Crippen LogP contribution in [0.4, 0.5) is 0 Å². The van der Waals surface area contributed by atoms with E-state index in [0.717, 1.165) is 12.0 Å². The zero-order chi connectivity index (χ0) is 16.7. The van der Waals surface area contributed by atoms with Crippen molar-refractivity contribution in [1.29, 1.82) is 0 Å². The lowest BCUT2D eigenvalue weighted by Crippen LogP contribution is -2.45. The van der Waals surface area contributed by atoms with E-state index in [1.165, 1.54) is 0 Å². The van der Waals surface area contributed by atoms with Crippen molar-refractivity contribution in [2.45, 2.75) is 42.6 Å². The van der Waals surface area contributed by atoms with Gasteiger partial charge in [0.2, 0.25) is 0 Å². The van der Waals surface area contributed by atoms with Crippen LogP contribution in [0.1, 0.15) is 42.5 Å². The van der Waals surface area contributed by atoms with Gasteiger partial charge in [0.05, 0.1) is 16.7 Å². The van der Waals surface area contributed by atoms with Gasteiger partial charge >= 0.3 is 0 Å². The summed E-state index contributed by atoms with van der Waals surface area (Å²) < 4.78 is 29.8. The number of carbonyl (C=O) groups is 1. The topological polar surface area (TPSA) is 77.2 Å². The van der Waals surface area contributed by atoms with Crippen LogP contribution in [-0.4, -0.2) is 29.9 Å². The Kier molecular flexibility index (Phi) is 3.79. The summed E-state index contributed by atoms with van der Waals surface area (Å²) in [5.74, 6) is 0.540. The number of nitrogens with zero attached hydrogens (tertiary/aromatic N) is 1. The predicted molar refractivity (Wildman–Crippen MR) is 89.3 cm³/mol.